The molecule has 1 aromatic heterocycles. The quantitative estimate of drug-likeness (QED) is 0.267. The van der Waals surface area contributed by atoms with E-state index in [1.807, 2.05) is 18.4 Å². The number of anilines is 1. The molecule has 0 saturated carbocycles. The van der Waals surface area contributed by atoms with Gasteiger partial charge in [-0.2, -0.15) is 0 Å². The highest BCUT2D eigenvalue weighted by atomic mass is 35.5. The highest BCUT2D eigenvalue weighted by Crippen LogP contribution is 2.31. The van der Waals surface area contributed by atoms with E-state index in [-0.39, 0.29) is 0 Å². The van der Waals surface area contributed by atoms with Crippen LogP contribution in [-0.4, -0.2) is 35.9 Å². The van der Waals surface area contributed by atoms with Gasteiger partial charge in [-0.1, -0.05) is 48.8 Å². The number of aromatic nitrogens is 2. The highest BCUT2D eigenvalue weighted by molar-refractivity contribution is 7.98. The molecule has 2 aromatic rings. The van der Waals surface area contributed by atoms with Crippen LogP contribution < -0.4 is 9.64 Å². The molecule has 0 aliphatic carbocycles. The molecule has 140 valence electrons. The van der Waals surface area contributed by atoms with Crippen LogP contribution >= 0.6 is 23.4 Å². The molecule has 3 rings (SSSR count). The zero-order chi connectivity index (χ0) is 18.4. The van der Waals surface area contributed by atoms with Gasteiger partial charge in [0.2, 0.25) is 0 Å². The molecular weight excluding hydrogens is 366 g/mol. The Labute approximate surface area is 165 Å². The van der Waals surface area contributed by atoms with Crippen molar-refractivity contribution in [3.05, 3.63) is 40.5 Å². The summed E-state index contributed by atoms with van der Waals surface area (Å²) in [7, 11) is 0. The maximum absolute atomic E-state index is 6.54. The van der Waals surface area contributed by atoms with Gasteiger partial charge in [0.05, 0.1) is 6.61 Å². The third-order valence-corrected chi connectivity index (χ3v) is 5.43. The molecule has 26 heavy (non-hydrogen) atoms. The molecule has 0 unspecified atom stereocenters. The van der Waals surface area contributed by atoms with Crippen LogP contribution in [0.25, 0.3) is 0 Å². The maximum Gasteiger partial charge on any atom is 0.190 e. The van der Waals surface area contributed by atoms with Crippen LogP contribution in [-0.2, 0) is 6.42 Å². The van der Waals surface area contributed by atoms with Crippen molar-refractivity contribution in [2.75, 3.05) is 30.9 Å². The van der Waals surface area contributed by atoms with Crippen LogP contribution in [0.1, 0.15) is 43.7 Å². The summed E-state index contributed by atoms with van der Waals surface area (Å²) in [5, 5.41) is 1.30. The number of halogens is 1. The molecule has 0 atom stereocenters. The summed E-state index contributed by atoms with van der Waals surface area (Å²) in [6.07, 6.45) is 7.35. The summed E-state index contributed by atoms with van der Waals surface area (Å²) >= 11 is 8.07. The summed E-state index contributed by atoms with van der Waals surface area (Å²) in [4.78, 5) is 11.6. The molecule has 0 radical (unpaired) electrons. The van der Waals surface area contributed by atoms with Crippen molar-refractivity contribution < 1.29 is 4.74 Å². The summed E-state index contributed by atoms with van der Waals surface area (Å²) in [5.41, 5.74) is 2.21. The Morgan fingerprint density at radius 2 is 1.88 bits per heavy atom. The smallest absolute Gasteiger partial charge is 0.190 e. The number of benzene rings is 1. The van der Waals surface area contributed by atoms with Crippen molar-refractivity contribution >= 4 is 29.2 Å². The second-order valence-electron chi connectivity index (χ2n) is 6.52. The van der Waals surface area contributed by atoms with Gasteiger partial charge >= 0.3 is 0 Å². The predicted octanol–water partition coefficient (Wildman–Crippen LogP) is 5.22. The lowest BCUT2D eigenvalue weighted by Crippen LogP contribution is -2.21. The van der Waals surface area contributed by atoms with Gasteiger partial charge in [0.1, 0.15) is 16.7 Å². The second kappa shape index (κ2) is 9.47. The van der Waals surface area contributed by atoms with Crippen molar-refractivity contribution in [2.24, 2.45) is 0 Å². The Balaban J connectivity index is 1.80. The number of unbranched alkanes of at least 4 members (excludes halogenated alkanes) is 1. The van der Waals surface area contributed by atoms with E-state index in [0.717, 1.165) is 61.2 Å². The van der Waals surface area contributed by atoms with E-state index in [9.17, 15) is 0 Å². The van der Waals surface area contributed by atoms with E-state index < -0.39 is 0 Å². The lowest BCUT2D eigenvalue weighted by molar-refractivity contribution is 0.309. The van der Waals surface area contributed by atoms with E-state index in [1.165, 1.54) is 30.2 Å². The lowest BCUT2D eigenvalue weighted by Gasteiger charge is -2.21. The molecule has 4 nitrogen and oxygen atoms in total. The van der Waals surface area contributed by atoms with E-state index in [0.29, 0.717) is 5.15 Å². The minimum absolute atomic E-state index is 0.564. The number of nitrogens with zero attached hydrogens (tertiary/aromatic N) is 3. The van der Waals surface area contributed by atoms with Crippen molar-refractivity contribution in [3.8, 4) is 5.75 Å². The molecular formula is C20H26ClN3OS. The van der Waals surface area contributed by atoms with Crippen LogP contribution in [0.4, 0.5) is 5.82 Å². The first-order chi connectivity index (χ1) is 12.7. The molecule has 1 aromatic carbocycles. The summed E-state index contributed by atoms with van der Waals surface area (Å²) < 4.78 is 5.75. The van der Waals surface area contributed by atoms with Crippen LogP contribution in [0.3, 0.4) is 0 Å². The monoisotopic (exact) mass is 391 g/mol. The van der Waals surface area contributed by atoms with E-state index in [4.69, 9.17) is 21.3 Å². The molecule has 1 aliphatic rings. The Morgan fingerprint density at radius 1 is 1.15 bits per heavy atom. The standard InChI is InChI=1S/C20H26ClN3OS/c1-3-4-13-25-16-9-7-15(8-10-16)14-17-18(21)22-20(26-2)23-19(17)24-11-5-6-12-24/h7-10H,3-6,11-14H2,1-2H3. The predicted molar refractivity (Wildman–Crippen MR) is 110 cm³/mol. The summed E-state index contributed by atoms with van der Waals surface area (Å²) in [6.45, 7) is 5.01. The van der Waals surface area contributed by atoms with Crippen molar-refractivity contribution in [2.45, 2.75) is 44.2 Å². The third-order valence-electron chi connectivity index (χ3n) is 4.57. The topological polar surface area (TPSA) is 38.3 Å². The first-order valence-electron chi connectivity index (χ1n) is 9.28. The lowest BCUT2D eigenvalue weighted by atomic mass is 10.1. The van der Waals surface area contributed by atoms with Crippen LogP contribution in [0.15, 0.2) is 29.4 Å². The normalized spacial score (nSPS) is 14.0. The van der Waals surface area contributed by atoms with Crippen LogP contribution in [0.2, 0.25) is 5.15 Å². The fourth-order valence-electron chi connectivity index (χ4n) is 3.10. The number of thioether (sulfide) groups is 1. The van der Waals surface area contributed by atoms with Gasteiger partial charge in [0, 0.05) is 25.1 Å². The molecule has 1 fully saturated rings. The van der Waals surface area contributed by atoms with Crippen molar-refractivity contribution in [1.82, 2.24) is 9.97 Å². The second-order valence-corrected chi connectivity index (χ2v) is 7.65. The molecule has 0 amide bonds. The van der Waals surface area contributed by atoms with Crippen LogP contribution in [0.5, 0.6) is 5.75 Å². The average Bonchev–Trinajstić information content (AvgIpc) is 3.19. The molecule has 0 bridgehead atoms. The zero-order valence-corrected chi connectivity index (χ0v) is 17.1. The Morgan fingerprint density at radius 3 is 2.54 bits per heavy atom. The first-order valence-corrected chi connectivity index (χ1v) is 10.9. The fraction of sp³-hybridized carbons (Fsp3) is 0.500. The van der Waals surface area contributed by atoms with Gasteiger partial charge in [-0.25, -0.2) is 9.97 Å². The van der Waals surface area contributed by atoms with Gasteiger partial charge < -0.3 is 9.64 Å². The van der Waals surface area contributed by atoms with Crippen molar-refractivity contribution in [1.29, 1.82) is 0 Å². The summed E-state index contributed by atoms with van der Waals surface area (Å²) in [5.74, 6) is 1.91. The number of hydrogen-bond acceptors (Lipinski definition) is 5. The molecule has 1 aliphatic heterocycles. The third kappa shape index (κ3) is 4.83. The number of hydrogen-bond donors (Lipinski definition) is 0. The Kier molecular flexibility index (Phi) is 7.03. The number of ether oxygens (including phenoxy) is 1. The maximum atomic E-state index is 6.54. The highest BCUT2D eigenvalue weighted by Gasteiger charge is 2.21. The van der Waals surface area contributed by atoms with E-state index >= 15 is 0 Å². The SMILES string of the molecule is CCCCOc1ccc(Cc2c(Cl)nc(SC)nc2N2CCCC2)cc1. The molecule has 2 heterocycles. The number of rotatable bonds is 8. The van der Waals surface area contributed by atoms with Crippen LogP contribution in [0, 0.1) is 0 Å². The van der Waals surface area contributed by atoms with E-state index in [2.05, 4.69) is 28.9 Å². The summed E-state index contributed by atoms with van der Waals surface area (Å²) in [6, 6.07) is 8.28. The molecule has 0 N–H and O–H groups in total. The molecule has 6 heteroatoms. The van der Waals surface area contributed by atoms with Gasteiger partial charge in [-0.15, -0.1) is 0 Å². The van der Waals surface area contributed by atoms with E-state index in [1.54, 1.807) is 0 Å². The Hall–Kier alpha value is -1.46. The van der Waals surface area contributed by atoms with Gasteiger partial charge in [0.15, 0.2) is 5.16 Å². The van der Waals surface area contributed by atoms with Gasteiger partial charge in [0.25, 0.3) is 0 Å². The van der Waals surface area contributed by atoms with Gasteiger partial charge in [-0.3, -0.25) is 0 Å². The Bertz CT molecular complexity index is 718. The average molecular weight is 392 g/mol. The fourth-order valence-corrected chi connectivity index (χ4v) is 3.74. The zero-order valence-electron chi connectivity index (χ0n) is 15.5. The molecule has 0 spiro atoms. The molecule has 1 saturated heterocycles. The van der Waals surface area contributed by atoms with Gasteiger partial charge in [-0.05, 0) is 43.2 Å². The first kappa shape index (κ1) is 19.3. The minimum atomic E-state index is 0.564. The van der Waals surface area contributed by atoms with Crippen molar-refractivity contribution in [3.63, 3.8) is 0 Å². The largest absolute Gasteiger partial charge is 0.494 e. The minimum Gasteiger partial charge on any atom is -0.494 e.